The minimum Gasteiger partial charge on any atom is -0.490 e. The highest BCUT2D eigenvalue weighted by Crippen LogP contribution is 2.28. The summed E-state index contributed by atoms with van der Waals surface area (Å²) < 4.78 is 12.4. The van der Waals surface area contributed by atoms with Crippen LogP contribution in [-0.2, 0) is 7.05 Å². The first-order chi connectivity index (χ1) is 14.4. The molecule has 1 saturated heterocycles. The maximum atomic E-state index is 12.8. The molecule has 1 aliphatic rings. The van der Waals surface area contributed by atoms with E-state index in [-0.39, 0.29) is 11.6 Å². The van der Waals surface area contributed by atoms with Gasteiger partial charge in [-0.2, -0.15) is 0 Å². The Morgan fingerprint density at radius 3 is 2.33 bits per heavy atom. The van der Waals surface area contributed by atoms with Gasteiger partial charge in [0.2, 0.25) is 0 Å². The summed E-state index contributed by atoms with van der Waals surface area (Å²) in [4.78, 5) is 39.8. The standard InChI is InChI=1S/C22H27N3O5/c1-4-29-18-9-8-15(13-19(18)30-5-2)20(26)23-17-12-16(14-24(3)22(17)28)21(27)25-10-6-7-11-25/h8-9,12-14H,4-7,10-11H2,1-3H3,(H,23,26). The summed E-state index contributed by atoms with van der Waals surface area (Å²) in [6.45, 7) is 6.01. The van der Waals surface area contributed by atoms with Crippen molar-refractivity contribution in [1.29, 1.82) is 0 Å². The molecule has 1 aromatic carbocycles. The highest BCUT2D eigenvalue weighted by atomic mass is 16.5. The van der Waals surface area contributed by atoms with Crippen molar-refractivity contribution in [2.45, 2.75) is 26.7 Å². The third-order valence-corrected chi connectivity index (χ3v) is 4.88. The van der Waals surface area contributed by atoms with E-state index in [4.69, 9.17) is 9.47 Å². The molecule has 1 N–H and O–H groups in total. The summed E-state index contributed by atoms with van der Waals surface area (Å²) in [5, 5.41) is 2.63. The fourth-order valence-electron chi connectivity index (χ4n) is 3.41. The van der Waals surface area contributed by atoms with Crippen LogP contribution in [0.25, 0.3) is 0 Å². The molecule has 160 valence electrons. The van der Waals surface area contributed by atoms with Gasteiger partial charge in [0.15, 0.2) is 11.5 Å². The van der Waals surface area contributed by atoms with Crippen LogP contribution in [0, 0.1) is 0 Å². The summed E-state index contributed by atoms with van der Waals surface area (Å²) in [5.41, 5.74) is 0.355. The van der Waals surface area contributed by atoms with Crippen molar-refractivity contribution in [3.05, 3.63) is 51.9 Å². The topological polar surface area (TPSA) is 89.9 Å². The quantitative estimate of drug-likeness (QED) is 0.754. The van der Waals surface area contributed by atoms with Crippen LogP contribution < -0.4 is 20.3 Å². The first kappa shape index (κ1) is 21.4. The van der Waals surface area contributed by atoms with Crippen LogP contribution in [0.1, 0.15) is 47.4 Å². The monoisotopic (exact) mass is 413 g/mol. The van der Waals surface area contributed by atoms with Crippen molar-refractivity contribution in [2.75, 3.05) is 31.6 Å². The molecule has 1 aliphatic heterocycles. The second kappa shape index (κ2) is 9.47. The Hall–Kier alpha value is -3.29. The molecule has 8 heteroatoms. The van der Waals surface area contributed by atoms with Crippen LogP contribution in [0.3, 0.4) is 0 Å². The number of anilines is 1. The van der Waals surface area contributed by atoms with E-state index in [1.165, 1.54) is 16.8 Å². The van der Waals surface area contributed by atoms with Gasteiger partial charge < -0.3 is 24.3 Å². The molecule has 30 heavy (non-hydrogen) atoms. The van der Waals surface area contributed by atoms with E-state index in [0.717, 1.165) is 12.8 Å². The summed E-state index contributed by atoms with van der Waals surface area (Å²) in [7, 11) is 1.56. The summed E-state index contributed by atoms with van der Waals surface area (Å²) in [6, 6.07) is 6.29. The smallest absolute Gasteiger partial charge is 0.274 e. The Balaban J connectivity index is 1.86. The molecule has 0 bridgehead atoms. The van der Waals surface area contributed by atoms with Crippen LogP contribution >= 0.6 is 0 Å². The lowest BCUT2D eigenvalue weighted by Crippen LogP contribution is -2.30. The highest BCUT2D eigenvalue weighted by molar-refractivity contribution is 6.05. The lowest BCUT2D eigenvalue weighted by atomic mass is 10.1. The molecule has 2 heterocycles. The van der Waals surface area contributed by atoms with Gasteiger partial charge in [-0.15, -0.1) is 0 Å². The molecule has 2 aromatic rings. The van der Waals surface area contributed by atoms with Gasteiger partial charge in [-0.25, -0.2) is 0 Å². The van der Waals surface area contributed by atoms with Gasteiger partial charge in [0.1, 0.15) is 5.69 Å². The normalized spacial score (nSPS) is 13.2. The number of hydrogen-bond donors (Lipinski definition) is 1. The van der Waals surface area contributed by atoms with Crippen LogP contribution in [-0.4, -0.2) is 47.6 Å². The van der Waals surface area contributed by atoms with Crippen molar-refractivity contribution in [3.8, 4) is 11.5 Å². The van der Waals surface area contributed by atoms with Crippen LogP contribution in [0.15, 0.2) is 35.3 Å². The number of rotatable bonds is 7. The minimum absolute atomic E-state index is 0.0550. The van der Waals surface area contributed by atoms with Crippen molar-refractivity contribution < 1.29 is 19.1 Å². The molecule has 0 atom stereocenters. The molecular weight excluding hydrogens is 386 g/mol. The van der Waals surface area contributed by atoms with Gasteiger partial charge in [0.25, 0.3) is 17.4 Å². The van der Waals surface area contributed by atoms with E-state index < -0.39 is 11.5 Å². The maximum Gasteiger partial charge on any atom is 0.274 e. The van der Waals surface area contributed by atoms with E-state index in [1.54, 1.807) is 30.1 Å². The molecule has 1 fully saturated rings. The van der Waals surface area contributed by atoms with Gasteiger partial charge in [-0.05, 0) is 51.0 Å². The van der Waals surface area contributed by atoms with E-state index >= 15 is 0 Å². The van der Waals surface area contributed by atoms with Gasteiger partial charge in [-0.3, -0.25) is 14.4 Å². The average Bonchev–Trinajstić information content (AvgIpc) is 3.27. The molecule has 0 unspecified atom stereocenters. The van der Waals surface area contributed by atoms with Crippen molar-refractivity contribution in [3.63, 3.8) is 0 Å². The SMILES string of the molecule is CCOc1ccc(C(=O)Nc2cc(C(=O)N3CCCC3)cn(C)c2=O)cc1OCC. The Morgan fingerprint density at radius 1 is 1.00 bits per heavy atom. The minimum atomic E-state index is -0.470. The van der Waals surface area contributed by atoms with E-state index in [0.29, 0.717) is 48.9 Å². The molecule has 0 radical (unpaired) electrons. The number of carbonyl (C=O) groups is 2. The fourth-order valence-corrected chi connectivity index (χ4v) is 3.41. The Bertz CT molecular complexity index is 993. The number of hydrogen-bond acceptors (Lipinski definition) is 5. The second-order valence-electron chi connectivity index (χ2n) is 7.04. The number of benzene rings is 1. The number of nitrogens with one attached hydrogen (secondary N) is 1. The number of carbonyl (C=O) groups excluding carboxylic acids is 2. The Morgan fingerprint density at radius 2 is 1.67 bits per heavy atom. The zero-order valence-corrected chi connectivity index (χ0v) is 17.6. The number of likely N-dealkylation sites (tertiary alicyclic amines) is 1. The third-order valence-electron chi connectivity index (χ3n) is 4.88. The van der Waals surface area contributed by atoms with E-state index in [9.17, 15) is 14.4 Å². The number of aryl methyl sites for hydroxylation is 1. The third kappa shape index (κ3) is 4.64. The zero-order valence-electron chi connectivity index (χ0n) is 17.6. The fraction of sp³-hybridized carbons (Fsp3) is 0.409. The number of ether oxygens (including phenoxy) is 2. The molecule has 3 rings (SSSR count). The van der Waals surface area contributed by atoms with Crippen molar-refractivity contribution in [1.82, 2.24) is 9.47 Å². The number of aromatic nitrogens is 1. The van der Waals surface area contributed by atoms with E-state index in [2.05, 4.69) is 5.32 Å². The van der Waals surface area contributed by atoms with Gasteiger partial charge in [0, 0.05) is 31.9 Å². The molecule has 0 spiro atoms. The molecule has 0 saturated carbocycles. The first-order valence-electron chi connectivity index (χ1n) is 10.2. The predicted octanol–water partition coefficient (Wildman–Crippen LogP) is 2.67. The van der Waals surface area contributed by atoms with Crippen LogP contribution in [0.5, 0.6) is 11.5 Å². The van der Waals surface area contributed by atoms with Gasteiger partial charge in [-0.1, -0.05) is 0 Å². The maximum absolute atomic E-state index is 12.8. The van der Waals surface area contributed by atoms with Crippen LogP contribution in [0.2, 0.25) is 0 Å². The van der Waals surface area contributed by atoms with E-state index in [1.807, 2.05) is 13.8 Å². The first-order valence-corrected chi connectivity index (χ1v) is 10.2. The zero-order chi connectivity index (χ0) is 21.7. The summed E-state index contributed by atoms with van der Waals surface area (Å²) >= 11 is 0. The van der Waals surface area contributed by atoms with Gasteiger partial charge in [0.05, 0.1) is 18.8 Å². The summed E-state index contributed by atoms with van der Waals surface area (Å²) in [5.74, 6) is 0.392. The largest absolute Gasteiger partial charge is 0.490 e. The Kier molecular flexibility index (Phi) is 6.76. The number of nitrogens with zero attached hydrogens (tertiary/aromatic N) is 2. The highest BCUT2D eigenvalue weighted by Gasteiger charge is 2.22. The second-order valence-corrected chi connectivity index (χ2v) is 7.04. The molecular formula is C22H27N3O5. The average molecular weight is 413 g/mol. The molecule has 0 aliphatic carbocycles. The lowest BCUT2D eigenvalue weighted by Gasteiger charge is -2.17. The summed E-state index contributed by atoms with van der Waals surface area (Å²) in [6.07, 6.45) is 3.45. The molecule has 8 nitrogen and oxygen atoms in total. The van der Waals surface area contributed by atoms with Gasteiger partial charge >= 0.3 is 0 Å². The number of amides is 2. The molecule has 1 aromatic heterocycles. The van der Waals surface area contributed by atoms with Crippen LogP contribution in [0.4, 0.5) is 5.69 Å². The van der Waals surface area contributed by atoms with Crippen molar-refractivity contribution >= 4 is 17.5 Å². The lowest BCUT2D eigenvalue weighted by molar-refractivity contribution is 0.0791. The molecule has 2 amide bonds. The Labute approximate surface area is 175 Å². The number of pyridine rings is 1. The van der Waals surface area contributed by atoms with Crippen molar-refractivity contribution in [2.24, 2.45) is 7.05 Å². The predicted molar refractivity (Wildman–Crippen MR) is 114 cm³/mol.